The molecule has 1 aliphatic heterocycles. The van der Waals surface area contributed by atoms with Gasteiger partial charge in [-0.2, -0.15) is 20.2 Å². The Balaban J connectivity index is 1.25. The van der Waals surface area contributed by atoms with Gasteiger partial charge in [0.2, 0.25) is 17.1 Å². The number of carbonyl (C=O) groups excluding carboxylic acids is 4. The quantitative estimate of drug-likeness (QED) is 0.0378. The van der Waals surface area contributed by atoms with Crippen molar-refractivity contribution in [3.63, 3.8) is 0 Å². The topological polar surface area (TPSA) is 309 Å². The number of rotatable bonds is 19. The van der Waals surface area contributed by atoms with Crippen molar-refractivity contribution in [3.8, 4) is 11.5 Å². The van der Waals surface area contributed by atoms with E-state index in [1.54, 1.807) is 56.6 Å². The smallest absolute Gasteiger partial charge is 0.298 e. The number of aryl methyl sites for hydroxylation is 4. The van der Waals surface area contributed by atoms with Gasteiger partial charge < -0.3 is 64.5 Å². The standard InChI is InChI=1S/C45H56N12O11/c1-7-56-30(16-24(3)52-56)41(62)50-44-48-28-18-26(22-58)19-32(64-5)36(28)54(44)12-9-10-13-55-37-29(49-45(55)51-42(63)31-17-25(4)53-57(31)8-2)20-27(40(47)61)21-33(37)66-14-11-15-67-39-35(46)38(60)34(23-59)68-43(39)65-6/h9-10,16-22,34-35,38-39,43,59-60H,7-8,11-15,23,46H2,1-6H3,(H2,47,61)(H,48,50,62)(H,49,51,63)/b10-9+/t34-,35+,38-,39-,43+/m1/s1. The second-order valence-corrected chi connectivity index (χ2v) is 15.9. The van der Waals surface area contributed by atoms with E-state index in [2.05, 4.69) is 30.2 Å². The zero-order valence-corrected chi connectivity index (χ0v) is 38.5. The number of hydrogen-bond donors (Lipinski definition) is 6. The van der Waals surface area contributed by atoms with Gasteiger partial charge in [0.15, 0.2) is 6.29 Å². The normalized spacial score (nSPS) is 19.2. The molecular formula is C45H56N12O11. The van der Waals surface area contributed by atoms with Gasteiger partial charge in [-0.3, -0.25) is 28.5 Å². The van der Waals surface area contributed by atoms with Gasteiger partial charge in [-0.25, -0.2) is 0 Å². The maximum absolute atomic E-state index is 13.8. The Labute approximate surface area is 388 Å². The van der Waals surface area contributed by atoms with E-state index in [1.807, 2.05) is 26.0 Å². The number of nitrogens with one attached hydrogen (secondary N) is 2. The molecular weight excluding hydrogens is 885 g/mol. The molecule has 0 aliphatic carbocycles. The van der Waals surface area contributed by atoms with E-state index in [9.17, 15) is 29.4 Å². The molecule has 0 bridgehead atoms. The number of amides is 3. The summed E-state index contributed by atoms with van der Waals surface area (Å²) in [5.41, 5.74) is 16.5. The number of ether oxygens (including phenoxy) is 5. The van der Waals surface area contributed by atoms with Crippen LogP contribution in [0.15, 0.2) is 58.5 Å². The van der Waals surface area contributed by atoms with Crippen LogP contribution in [0.4, 0.5) is 0 Å². The lowest BCUT2D eigenvalue weighted by Gasteiger charge is -2.42. The molecule has 0 saturated carbocycles. The number of nitrogens with zero attached hydrogens (tertiary/aromatic N) is 8. The summed E-state index contributed by atoms with van der Waals surface area (Å²) in [5, 5.41) is 28.9. The van der Waals surface area contributed by atoms with E-state index >= 15 is 0 Å². The van der Waals surface area contributed by atoms with E-state index in [4.69, 9.17) is 35.2 Å². The lowest BCUT2D eigenvalue weighted by atomic mass is 9.97. The number of imidazole rings is 2. The third kappa shape index (κ3) is 10.1. The highest BCUT2D eigenvalue weighted by atomic mass is 16.7. The number of benzene rings is 2. The molecule has 1 fully saturated rings. The molecule has 23 heteroatoms. The number of aliphatic hydroxyl groups excluding tert-OH is 2. The first kappa shape index (κ1) is 48.9. The average Bonchev–Trinajstić information content (AvgIpc) is 4.10. The predicted molar refractivity (Wildman–Crippen MR) is 244 cm³/mol. The van der Waals surface area contributed by atoms with Crippen LogP contribution in [0.2, 0.25) is 0 Å². The maximum Gasteiger partial charge on any atom is 0.298 e. The van der Waals surface area contributed by atoms with Gasteiger partial charge in [-0.05, 0) is 64.1 Å². The van der Waals surface area contributed by atoms with Crippen LogP contribution in [0.1, 0.15) is 73.3 Å². The summed E-state index contributed by atoms with van der Waals surface area (Å²) in [4.78, 5) is 67.3. The van der Waals surface area contributed by atoms with Crippen LogP contribution in [0.3, 0.4) is 0 Å². The number of aldehydes is 1. The summed E-state index contributed by atoms with van der Waals surface area (Å²) < 4.78 is 35.6. The molecule has 8 N–H and O–H groups in total. The van der Waals surface area contributed by atoms with Gasteiger partial charge in [0, 0.05) is 50.8 Å². The van der Waals surface area contributed by atoms with Crippen LogP contribution in [-0.4, -0.2) is 138 Å². The Morgan fingerprint density at radius 3 is 1.94 bits per heavy atom. The van der Waals surface area contributed by atoms with Crippen molar-refractivity contribution in [3.05, 3.63) is 93.7 Å². The average molecular weight is 941 g/mol. The van der Waals surface area contributed by atoms with Crippen molar-refractivity contribution in [1.29, 1.82) is 0 Å². The highest BCUT2D eigenvalue weighted by Crippen LogP contribution is 2.28. The Kier molecular flexibility index (Phi) is 15.3. The molecule has 23 nitrogen and oxygen atoms in total. The fourth-order valence-electron chi connectivity index (χ4n) is 8.11. The van der Waals surface area contributed by atoms with Crippen LogP contribution in [0, 0.1) is 13.8 Å². The number of carbonyl (C=O) groups is 4. The first-order valence-corrected chi connectivity index (χ1v) is 21.9. The number of primary amides is 1. The number of nitrogens with two attached hydrogens (primary N) is 2. The number of allylic oxidation sites excluding steroid dienone is 2. The minimum atomic E-state index is -1.19. The molecule has 5 heterocycles. The molecule has 0 unspecified atom stereocenters. The number of aromatic nitrogens is 8. The van der Waals surface area contributed by atoms with Gasteiger partial charge in [-0.15, -0.1) is 0 Å². The molecule has 0 radical (unpaired) electrons. The first-order valence-electron chi connectivity index (χ1n) is 21.9. The fourth-order valence-corrected chi connectivity index (χ4v) is 8.11. The molecule has 4 aromatic heterocycles. The lowest BCUT2D eigenvalue weighted by molar-refractivity contribution is -0.277. The molecule has 1 aliphatic rings. The Hall–Kier alpha value is -7.02. The lowest BCUT2D eigenvalue weighted by Crippen LogP contribution is -2.63. The SMILES string of the molecule is CCn1nc(C)cc1C(=O)/N=c1/[nH]c2cc(C=O)cc(OC)c2n1C/C=C/Cn1/c(=N/C(=O)c2cc(C)nn2CC)[nH]c2cc(C(N)=O)cc(OCCCO[C@H]3[C@@H](OC)O[C@H](CO)[C@@H](O)[C@@H]3N)c21. The second kappa shape index (κ2) is 21.3. The molecule has 0 spiro atoms. The van der Waals surface area contributed by atoms with Crippen molar-refractivity contribution in [2.45, 2.75) is 90.9 Å². The maximum atomic E-state index is 13.8. The highest BCUT2D eigenvalue weighted by molar-refractivity contribution is 5.99. The molecule has 5 atom stereocenters. The van der Waals surface area contributed by atoms with E-state index in [0.717, 1.165) is 0 Å². The van der Waals surface area contributed by atoms with E-state index in [0.29, 0.717) is 76.3 Å². The van der Waals surface area contributed by atoms with Crippen LogP contribution in [0.5, 0.6) is 11.5 Å². The van der Waals surface area contributed by atoms with Crippen LogP contribution in [0.25, 0.3) is 22.1 Å². The Morgan fingerprint density at radius 1 is 0.853 bits per heavy atom. The minimum absolute atomic E-state index is 0.0649. The van der Waals surface area contributed by atoms with Crippen LogP contribution < -0.4 is 32.2 Å². The van der Waals surface area contributed by atoms with E-state index in [1.165, 1.54) is 26.4 Å². The Morgan fingerprint density at radius 2 is 1.43 bits per heavy atom. The highest BCUT2D eigenvalue weighted by Gasteiger charge is 2.44. The largest absolute Gasteiger partial charge is 0.494 e. The molecule has 7 rings (SSSR count). The van der Waals surface area contributed by atoms with Crippen molar-refractivity contribution in [2.24, 2.45) is 21.5 Å². The second-order valence-electron chi connectivity index (χ2n) is 15.9. The van der Waals surface area contributed by atoms with Crippen molar-refractivity contribution in [1.82, 2.24) is 38.7 Å². The summed E-state index contributed by atoms with van der Waals surface area (Å²) in [6, 6.07) is 8.65. The Bertz CT molecular complexity index is 3000. The zero-order valence-electron chi connectivity index (χ0n) is 38.5. The van der Waals surface area contributed by atoms with Crippen LogP contribution >= 0.6 is 0 Å². The van der Waals surface area contributed by atoms with E-state index in [-0.39, 0.29) is 54.5 Å². The molecule has 6 aromatic rings. The van der Waals surface area contributed by atoms with Crippen molar-refractivity contribution >= 4 is 46.1 Å². The summed E-state index contributed by atoms with van der Waals surface area (Å²) in [6.45, 7) is 8.12. The van der Waals surface area contributed by atoms with Gasteiger partial charge in [0.1, 0.15) is 58.5 Å². The summed E-state index contributed by atoms with van der Waals surface area (Å²) in [5.74, 6) is -1.24. The number of aliphatic hydroxyl groups is 2. The summed E-state index contributed by atoms with van der Waals surface area (Å²) in [7, 11) is 2.88. The number of aromatic amines is 2. The fraction of sp³-hybridized carbons (Fsp3) is 0.422. The molecule has 1 saturated heterocycles. The number of methoxy groups -OCH3 is 2. The van der Waals surface area contributed by atoms with Gasteiger partial charge in [-0.1, -0.05) is 12.2 Å². The van der Waals surface area contributed by atoms with Crippen LogP contribution in [-0.2, 0) is 40.4 Å². The van der Waals surface area contributed by atoms with Gasteiger partial charge in [0.25, 0.3) is 11.8 Å². The molecule has 68 heavy (non-hydrogen) atoms. The number of hydrogen-bond acceptors (Lipinski definition) is 14. The summed E-state index contributed by atoms with van der Waals surface area (Å²) in [6.07, 6.45) is 0.708. The van der Waals surface area contributed by atoms with Gasteiger partial charge >= 0.3 is 0 Å². The molecule has 2 aromatic carbocycles. The predicted octanol–water partition coefficient (Wildman–Crippen LogP) is 1.17. The third-order valence-corrected chi connectivity index (χ3v) is 11.4. The summed E-state index contributed by atoms with van der Waals surface area (Å²) >= 11 is 0. The molecule has 3 amide bonds. The first-order chi connectivity index (χ1) is 32.7. The van der Waals surface area contributed by atoms with Gasteiger partial charge in [0.05, 0.1) is 55.4 Å². The third-order valence-electron chi connectivity index (χ3n) is 11.4. The van der Waals surface area contributed by atoms with Crippen molar-refractivity contribution < 1.29 is 53.1 Å². The van der Waals surface area contributed by atoms with Crippen molar-refractivity contribution in [2.75, 3.05) is 34.0 Å². The number of H-pyrrole nitrogens is 2. The zero-order chi connectivity index (χ0) is 48.8. The monoisotopic (exact) mass is 940 g/mol. The van der Waals surface area contributed by atoms with E-state index < -0.39 is 55.0 Å². The minimum Gasteiger partial charge on any atom is -0.494 e. The molecule has 362 valence electrons. The number of fused-ring (bicyclic) bond motifs is 2.